The summed E-state index contributed by atoms with van der Waals surface area (Å²) < 4.78 is 25.0. The van der Waals surface area contributed by atoms with Crippen LogP contribution in [0.4, 0.5) is 10.1 Å². The van der Waals surface area contributed by atoms with E-state index >= 15 is 0 Å². The smallest absolute Gasteiger partial charge is 0.258 e. The average Bonchev–Trinajstić information content (AvgIpc) is 3.30. The molecule has 8 aromatic rings. The number of amides is 2. The molecule has 0 fully saturated rings. The molecule has 62 heavy (non-hydrogen) atoms. The number of hydrogen-bond donors (Lipinski definition) is 4. The van der Waals surface area contributed by atoms with Gasteiger partial charge in [-0.1, -0.05) is 97.1 Å². The van der Waals surface area contributed by atoms with E-state index in [1.165, 1.54) is 12.1 Å². The molecule has 0 aliphatic heterocycles. The third-order valence-corrected chi connectivity index (χ3v) is 9.94. The van der Waals surface area contributed by atoms with E-state index in [9.17, 15) is 24.2 Å². The van der Waals surface area contributed by atoms with Gasteiger partial charge in [-0.15, -0.1) is 0 Å². The van der Waals surface area contributed by atoms with Gasteiger partial charge >= 0.3 is 0 Å². The van der Waals surface area contributed by atoms with Crippen molar-refractivity contribution in [2.45, 2.75) is 12.1 Å². The molecule has 11 nitrogen and oxygen atoms in total. The summed E-state index contributed by atoms with van der Waals surface area (Å²) in [5, 5.41) is 29.3. The maximum absolute atomic E-state index is 13.9. The number of rotatable bonds is 13. The number of carbonyl (C=O) groups excluding carboxylic acids is 2. The van der Waals surface area contributed by atoms with Crippen molar-refractivity contribution in [1.29, 1.82) is 0 Å². The molecule has 8 rings (SSSR count). The number of anilines is 1. The van der Waals surface area contributed by atoms with Crippen LogP contribution in [0.2, 0.25) is 0 Å². The minimum absolute atomic E-state index is 0.0501. The molecular formula is C50H44FN5O6. The van der Waals surface area contributed by atoms with Crippen molar-refractivity contribution in [2.24, 2.45) is 0 Å². The zero-order valence-corrected chi connectivity index (χ0v) is 34.0. The van der Waals surface area contributed by atoms with Crippen LogP contribution in [0.25, 0.3) is 21.8 Å². The molecule has 0 aliphatic rings. The number of aromatic hydroxyl groups is 2. The summed E-state index contributed by atoms with van der Waals surface area (Å²) in [7, 11) is 3.94. The lowest BCUT2D eigenvalue weighted by atomic mass is 9.96. The van der Waals surface area contributed by atoms with Crippen molar-refractivity contribution in [3.8, 4) is 23.0 Å². The maximum Gasteiger partial charge on any atom is 0.258 e. The molecule has 12 heteroatoms. The predicted octanol–water partition coefficient (Wildman–Crippen LogP) is 8.66. The van der Waals surface area contributed by atoms with E-state index in [0.717, 1.165) is 22.0 Å². The molecule has 2 amide bonds. The van der Waals surface area contributed by atoms with Crippen LogP contribution in [0.15, 0.2) is 170 Å². The lowest BCUT2D eigenvalue weighted by Crippen LogP contribution is -2.33. The number of fused-ring (bicyclic) bond motifs is 2. The molecule has 2 atom stereocenters. The molecule has 2 unspecified atom stereocenters. The van der Waals surface area contributed by atoms with Crippen LogP contribution in [0.1, 0.15) is 34.3 Å². The first-order valence-corrected chi connectivity index (χ1v) is 19.7. The highest BCUT2D eigenvalue weighted by Gasteiger charge is 2.24. The van der Waals surface area contributed by atoms with Gasteiger partial charge in [0.15, 0.2) is 13.2 Å². The maximum atomic E-state index is 13.9. The lowest BCUT2D eigenvalue weighted by Gasteiger charge is -2.22. The number of ether oxygens (including phenoxy) is 2. The number of aromatic nitrogens is 2. The molecule has 4 N–H and O–H groups in total. The van der Waals surface area contributed by atoms with E-state index in [4.69, 9.17) is 9.47 Å². The third kappa shape index (κ3) is 10.4. The van der Waals surface area contributed by atoms with Gasteiger partial charge in [-0.2, -0.15) is 0 Å². The second kappa shape index (κ2) is 19.8. The molecule has 312 valence electrons. The Balaban J connectivity index is 0.000000187. The standard InChI is InChI=1S/C26H25N3O3.C24H19FN2O3/c1-29(2)20-13-10-19(11-14-20)24(28-23(30)17-32-21-8-4-3-5-9-21)22-15-12-18-7-6-16-27-25(18)26(22)31;25-18-8-4-6-17(14-18)22(27-21(28)15-30-19-9-2-1-3-10-19)20-12-11-16-7-5-13-26-23(16)24(20)29/h3-16,24,31H,17H2,1-2H3,(H,28,30);1-14,22,29H,15H2,(H,27,28). The number of halogens is 1. The summed E-state index contributed by atoms with van der Waals surface area (Å²) in [6, 6.07) is 45.1. The number of phenolic OH excluding ortho intramolecular Hbond substituents is 2. The number of nitrogens with zero attached hydrogens (tertiary/aromatic N) is 3. The minimum atomic E-state index is -0.779. The third-order valence-electron chi connectivity index (χ3n) is 9.94. The Bertz CT molecular complexity index is 2770. The molecule has 2 aromatic heterocycles. The van der Waals surface area contributed by atoms with Crippen LogP contribution in [0.5, 0.6) is 23.0 Å². The molecule has 0 spiro atoms. The van der Waals surface area contributed by atoms with Crippen molar-refractivity contribution in [3.05, 3.63) is 198 Å². The number of para-hydroxylation sites is 2. The zero-order chi connectivity index (χ0) is 43.4. The van der Waals surface area contributed by atoms with Gasteiger partial charge < -0.3 is 35.2 Å². The van der Waals surface area contributed by atoms with Gasteiger partial charge in [-0.25, -0.2) is 4.39 Å². The fourth-order valence-electron chi connectivity index (χ4n) is 6.83. The Labute approximate surface area is 358 Å². The molecule has 0 saturated heterocycles. The molecular weight excluding hydrogens is 786 g/mol. The highest BCUT2D eigenvalue weighted by atomic mass is 19.1. The molecule has 0 bridgehead atoms. The highest BCUT2D eigenvalue weighted by molar-refractivity contribution is 5.87. The molecule has 0 aliphatic carbocycles. The Morgan fingerprint density at radius 2 is 1.06 bits per heavy atom. The number of pyridine rings is 2. The number of nitrogens with one attached hydrogen (secondary N) is 2. The van der Waals surface area contributed by atoms with Crippen LogP contribution in [-0.2, 0) is 9.59 Å². The zero-order valence-electron chi connectivity index (χ0n) is 34.0. The second-order valence-corrected chi connectivity index (χ2v) is 14.4. The predicted molar refractivity (Wildman–Crippen MR) is 238 cm³/mol. The summed E-state index contributed by atoms with van der Waals surface area (Å²) in [5.41, 5.74) is 4.26. The first kappa shape index (κ1) is 42.1. The molecule has 0 saturated carbocycles. The average molecular weight is 830 g/mol. The van der Waals surface area contributed by atoms with Crippen LogP contribution in [0.3, 0.4) is 0 Å². The lowest BCUT2D eigenvalue weighted by molar-refractivity contribution is -0.124. The topological polar surface area (TPSA) is 146 Å². The quantitative estimate of drug-likeness (QED) is 0.0897. The van der Waals surface area contributed by atoms with Gasteiger partial charge in [-0.05, 0) is 71.8 Å². The molecule has 2 heterocycles. The van der Waals surface area contributed by atoms with Crippen LogP contribution in [0, 0.1) is 5.82 Å². The van der Waals surface area contributed by atoms with Crippen LogP contribution in [-0.4, -0.2) is 59.3 Å². The van der Waals surface area contributed by atoms with E-state index < -0.39 is 23.8 Å². The van der Waals surface area contributed by atoms with E-state index in [1.807, 2.05) is 110 Å². The van der Waals surface area contributed by atoms with Crippen LogP contribution >= 0.6 is 0 Å². The van der Waals surface area contributed by atoms with Gasteiger partial charge in [0.05, 0.1) is 12.1 Å². The van der Waals surface area contributed by atoms with Gasteiger partial charge in [0.1, 0.15) is 39.8 Å². The van der Waals surface area contributed by atoms with E-state index in [0.29, 0.717) is 39.2 Å². The van der Waals surface area contributed by atoms with E-state index in [-0.39, 0.29) is 30.6 Å². The van der Waals surface area contributed by atoms with Gasteiger partial charge in [0, 0.05) is 54.1 Å². The van der Waals surface area contributed by atoms with Crippen LogP contribution < -0.4 is 25.0 Å². The van der Waals surface area contributed by atoms with Crippen molar-refractivity contribution < 1.29 is 33.7 Å². The van der Waals surface area contributed by atoms with Crippen molar-refractivity contribution in [1.82, 2.24) is 20.6 Å². The first-order valence-electron chi connectivity index (χ1n) is 19.7. The number of benzene rings is 6. The minimum Gasteiger partial charge on any atom is -0.505 e. The fourth-order valence-corrected chi connectivity index (χ4v) is 6.83. The Morgan fingerprint density at radius 3 is 1.53 bits per heavy atom. The summed E-state index contributed by atoms with van der Waals surface area (Å²) in [6.07, 6.45) is 3.22. The Kier molecular flexibility index (Phi) is 13.5. The number of hydrogen-bond acceptors (Lipinski definition) is 9. The van der Waals surface area contributed by atoms with Crippen molar-refractivity contribution in [3.63, 3.8) is 0 Å². The Morgan fingerprint density at radius 1 is 0.581 bits per heavy atom. The van der Waals surface area contributed by atoms with Gasteiger partial charge in [0.2, 0.25) is 0 Å². The second-order valence-electron chi connectivity index (χ2n) is 14.4. The monoisotopic (exact) mass is 829 g/mol. The normalized spacial score (nSPS) is 11.7. The summed E-state index contributed by atoms with van der Waals surface area (Å²) in [4.78, 5) is 35.9. The fraction of sp³-hybridized carbons (Fsp3) is 0.120. The Hall–Kier alpha value is -7.99. The van der Waals surface area contributed by atoms with Crippen molar-refractivity contribution >= 4 is 39.3 Å². The van der Waals surface area contributed by atoms with Gasteiger partial charge in [0.25, 0.3) is 11.8 Å². The summed E-state index contributed by atoms with van der Waals surface area (Å²) >= 11 is 0. The van der Waals surface area contributed by atoms with E-state index in [2.05, 4.69) is 20.6 Å². The number of carbonyl (C=O) groups is 2. The SMILES string of the molecule is CN(C)c1ccc(C(NC(=O)COc2ccccc2)c2ccc3cccnc3c2O)cc1.O=C(COc1ccccc1)NC(c1cccc(F)c1)c1ccc2cccnc2c1O. The highest BCUT2D eigenvalue weighted by Crippen LogP contribution is 2.36. The first-order chi connectivity index (χ1) is 30.1. The van der Waals surface area contributed by atoms with Gasteiger partial charge in [-0.3, -0.25) is 19.6 Å². The summed E-state index contributed by atoms with van der Waals surface area (Å²) in [5.74, 6) is 0.0241. The number of phenols is 2. The largest absolute Gasteiger partial charge is 0.505 e. The van der Waals surface area contributed by atoms with Crippen molar-refractivity contribution in [2.75, 3.05) is 32.2 Å². The molecule has 0 radical (unpaired) electrons. The molecule has 6 aromatic carbocycles. The van der Waals surface area contributed by atoms with E-state index in [1.54, 1.807) is 67.0 Å². The summed E-state index contributed by atoms with van der Waals surface area (Å²) in [6.45, 7) is -0.356.